The lowest BCUT2D eigenvalue weighted by atomic mass is 9.99. The zero-order valence-electron chi connectivity index (χ0n) is 12.6. The molecule has 3 nitrogen and oxygen atoms in total. The third kappa shape index (κ3) is 2.78. The van der Waals surface area contributed by atoms with E-state index in [-0.39, 0.29) is 5.56 Å². The van der Waals surface area contributed by atoms with Gasteiger partial charge in [0.1, 0.15) is 0 Å². The number of hydrogen-bond acceptors (Lipinski definition) is 2. The second-order valence-corrected chi connectivity index (χ2v) is 5.23. The van der Waals surface area contributed by atoms with Gasteiger partial charge in [0.2, 0.25) is 0 Å². The van der Waals surface area contributed by atoms with Crippen LogP contribution in [0.4, 0.5) is 0 Å². The van der Waals surface area contributed by atoms with Crippen LogP contribution in [0.5, 0.6) is 0 Å². The quantitative estimate of drug-likeness (QED) is 0.755. The van der Waals surface area contributed by atoms with E-state index >= 15 is 0 Å². The van der Waals surface area contributed by atoms with E-state index in [1.807, 2.05) is 25.2 Å². The van der Waals surface area contributed by atoms with Crippen molar-refractivity contribution in [2.45, 2.75) is 39.2 Å². The molecule has 0 fully saturated rings. The second kappa shape index (κ2) is 6.71. The number of hydrogen-bond donors (Lipinski definition) is 0. The third-order valence-corrected chi connectivity index (χ3v) is 3.84. The van der Waals surface area contributed by atoms with Crippen LogP contribution in [0.15, 0.2) is 29.1 Å². The first kappa shape index (κ1) is 14.8. The Kier molecular flexibility index (Phi) is 4.96. The number of unbranched alkanes of at least 4 members (excludes halogenated alkanes) is 2. The number of methoxy groups -OCH3 is 1. The van der Waals surface area contributed by atoms with Crippen molar-refractivity contribution in [2.24, 2.45) is 7.05 Å². The summed E-state index contributed by atoms with van der Waals surface area (Å²) in [5.74, 6) is 0. The predicted octanol–water partition coefficient (Wildman–Crippen LogP) is 3.42. The SMILES string of the molecule is CCCCCc1c(COC)c2ccccc2n(C)c1=O. The van der Waals surface area contributed by atoms with Gasteiger partial charge in [-0.05, 0) is 24.5 Å². The summed E-state index contributed by atoms with van der Waals surface area (Å²) < 4.78 is 7.09. The number of aryl methyl sites for hydroxylation is 1. The van der Waals surface area contributed by atoms with E-state index in [1.54, 1.807) is 11.7 Å². The molecule has 0 saturated heterocycles. The summed E-state index contributed by atoms with van der Waals surface area (Å²) in [5.41, 5.74) is 3.07. The minimum atomic E-state index is 0.117. The van der Waals surface area contributed by atoms with E-state index < -0.39 is 0 Å². The fourth-order valence-corrected chi connectivity index (χ4v) is 2.74. The summed E-state index contributed by atoms with van der Waals surface area (Å²) in [7, 11) is 3.53. The van der Waals surface area contributed by atoms with Gasteiger partial charge in [0.15, 0.2) is 0 Å². The normalized spacial score (nSPS) is 11.2. The lowest BCUT2D eigenvalue weighted by Gasteiger charge is -2.15. The van der Waals surface area contributed by atoms with E-state index in [9.17, 15) is 4.79 Å². The van der Waals surface area contributed by atoms with Crippen molar-refractivity contribution in [1.29, 1.82) is 0 Å². The number of ether oxygens (including phenoxy) is 1. The number of rotatable bonds is 6. The lowest BCUT2D eigenvalue weighted by Crippen LogP contribution is -2.24. The molecule has 20 heavy (non-hydrogen) atoms. The van der Waals surface area contributed by atoms with Crippen LogP contribution >= 0.6 is 0 Å². The van der Waals surface area contributed by atoms with Crippen molar-refractivity contribution in [2.75, 3.05) is 7.11 Å². The summed E-state index contributed by atoms with van der Waals surface area (Å²) >= 11 is 0. The van der Waals surface area contributed by atoms with Crippen molar-refractivity contribution >= 4 is 10.9 Å². The van der Waals surface area contributed by atoms with E-state index in [1.165, 1.54) is 0 Å². The Morgan fingerprint density at radius 2 is 1.90 bits per heavy atom. The molecule has 108 valence electrons. The molecule has 0 radical (unpaired) electrons. The molecule has 0 saturated carbocycles. The van der Waals surface area contributed by atoms with Gasteiger partial charge in [-0.2, -0.15) is 0 Å². The Labute approximate surface area is 120 Å². The van der Waals surface area contributed by atoms with E-state index in [2.05, 4.69) is 13.0 Å². The zero-order chi connectivity index (χ0) is 14.5. The number of pyridine rings is 1. The Morgan fingerprint density at radius 3 is 2.60 bits per heavy atom. The van der Waals surface area contributed by atoms with Crippen molar-refractivity contribution in [1.82, 2.24) is 4.57 Å². The fraction of sp³-hybridized carbons (Fsp3) is 0.471. The smallest absolute Gasteiger partial charge is 0.254 e. The van der Waals surface area contributed by atoms with Gasteiger partial charge in [0.25, 0.3) is 5.56 Å². The first-order valence-electron chi connectivity index (χ1n) is 7.29. The number of aromatic nitrogens is 1. The van der Waals surface area contributed by atoms with Crippen molar-refractivity contribution < 1.29 is 4.74 Å². The summed E-state index contributed by atoms with van der Waals surface area (Å²) in [5, 5.41) is 1.13. The molecule has 0 N–H and O–H groups in total. The number of nitrogens with zero attached hydrogens (tertiary/aromatic N) is 1. The molecule has 1 heterocycles. The predicted molar refractivity (Wildman–Crippen MR) is 83.1 cm³/mol. The average molecular weight is 273 g/mol. The minimum absolute atomic E-state index is 0.117. The maximum absolute atomic E-state index is 12.6. The molecule has 0 amide bonds. The van der Waals surface area contributed by atoms with Crippen LogP contribution in [0, 0.1) is 0 Å². The van der Waals surface area contributed by atoms with Crippen LogP contribution < -0.4 is 5.56 Å². The standard InChI is InChI=1S/C17H23NO2/c1-4-5-6-10-14-15(12-20-3)13-9-7-8-11-16(13)18(2)17(14)19/h7-9,11H,4-6,10,12H2,1-3H3. The van der Waals surface area contributed by atoms with Crippen molar-refractivity contribution in [3.05, 3.63) is 45.7 Å². The topological polar surface area (TPSA) is 31.2 Å². The van der Waals surface area contributed by atoms with Crippen LogP contribution in [-0.4, -0.2) is 11.7 Å². The van der Waals surface area contributed by atoms with Crippen LogP contribution in [-0.2, 0) is 24.8 Å². The highest BCUT2D eigenvalue weighted by atomic mass is 16.5. The molecule has 0 atom stereocenters. The Bertz CT molecular complexity index is 643. The third-order valence-electron chi connectivity index (χ3n) is 3.84. The van der Waals surface area contributed by atoms with E-state index in [0.717, 1.165) is 47.7 Å². The molecule has 1 aromatic heterocycles. The Morgan fingerprint density at radius 1 is 1.15 bits per heavy atom. The van der Waals surface area contributed by atoms with Gasteiger partial charge in [0.05, 0.1) is 12.1 Å². The molecular weight excluding hydrogens is 250 g/mol. The van der Waals surface area contributed by atoms with Gasteiger partial charge < -0.3 is 9.30 Å². The van der Waals surface area contributed by atoms with Gasteiger partial charge in [-0.15, -0.1) is 0 Å². The molecule has 0 aliphatic heterocycles. The fourth-order valence-electron chi connectivity index (χ4n) is 2.74. The highest BCUT2D eigenvalue weighted by Gasteiger charge is 2.14. The maximum Gasteiger partial charge on any atom is 0.254 e. The Balaban J connectivity index is 2.61. The molecule has 2 rings (SSSR count). The van der Waals surface area contributed by atoms with Crippen LogP contribution in [0.2, 0.25) is 0 Å². The first-order valence-corrected chi connectivity index (χ1v) is 7.29. The number of fused-ring (bicyclic) bond motifs is 1. The maximum atomic E-state index is 12.6. The van der Waals surface area contributed by atoms with Gasteiger partial charge >= 0.3 is 0 Å². The van der Waals surface area contributed by atoms with E-state index in [0.29, 0.717) is 6.61 Å². The van der Waals surface area contributed by atoms with E-state index in [4.69, 9.17) is 4.74 Å². The van der Waals surface area contributed by atoms with Crippen molar-refractivity contribution in [3.63, 3.8) is 0 Å². The van der Waals surface area contributed by atoms with Crippen LogP contribution in [0.3, 0.4) is 0 Å². The number of para-hydroxylation sites is 1. The molecule has 1 aromatic carbocycles. The molecular formula is C17H23NO2. The van der Waals surface area contributed by atoms with Gasteiger partial charge in [-0.1, -0.05) is 38.0 Å². The molecule has 3 heteroatoms. The van der Waals surface area contributed by atoms with Crippen molar-refractivity contribution in [3.8, 4) is 0 Å². The number of benzene rings is 1. The largest absolute Gasteiger partial charge is 0.380 e. The average Bonchev–Trinajstić information content (AvgIpc) is 2.47. The highest BCUT2D eigenvalue weighted by molar-refractivity contribution is 5.83. The lowest BCUT2D eigenvalue weighted by molar-refractivity contribution is 0.185. The molecule has 0 spiro atoms. The van der Waals surface area contributed by atoms with Gasteiger partial charge in [0, 0.05) is 25.1 Å². The molecule has 0 bridgehead atoms. The minimum Gasteiger partial charge on any atom is -0.380 e. The molecule has 2 aromatic rings. The molecule has 0 aliphatic carbocycles. The molecule has 0 unspecified atom stereocenters. The monoisotopic (exact) mass is 273 g/mol. The summed E-state index contributed by atoms with van der Waals surface area (Å²) in [6, 6.07) is 8.05. The zero-order valence-corrected chi connectivity index (χ0v) is 12.6. The summed E-state index contributed by atoms with van der Waals surface area (Å²) in [4.78, 5) is 12.6. The first-order chi connectivity index (χ1) is 9.70. The van der Waals surface area contributed by atoms with Gasteiger partial charge in [-0.25, -0.2) is 0 Å². The summed E-state index contributed by atoms with van der Waals surface area (Å²) in [6.07, 6.45) is 4.21. The summed E-state index contributed by atoms with van der Waals surface area (Å²) in [6.45, 7) is 2.67. The van der Waals surface area contributed by atoms with Crippen LogP contribution in [0.25, 0.3) is 10.9 Å². The van der Waals surface area contributed by atoms with Crippen LogP contribution in [0.1, 0.15) is 37.3 Å². The highest BCUT2D eigenvalue weighted by Crippen LogP contribution is 2.21. The second-order valence-electron chi connectivity index (χ2n) is 5.23. The molecule has 0 aliphatic rings. The van der Waals surface area contributed by atoms with Gasteiger partial charge in [-0.3, -0.25) is 4.79 Å². The Hall–Kier alpha value is -1.61.